The SMILES string of the molecule is ClC1=C(CN2CCN(Cc3ccccc3)CC2)CCc2nc(-c3cccs3)ccc21. The molecule has 0 N–H and O–H groups in total. The monoisotopic (exact) mass is 435 g/mol. The van der Waals surface area contributed by atoms with E-state index in [1.807, 2.05) is 0 Å². The maximum Gasteiger partial charge on any atom is 0.0805 e. The van der Waals surface area contributed by atoms with Gasteiger partial charge in [0.1, 0.15) is 0 Å². The van der Waals surface area contributed by atoms with Crippen LogP contribution in [-0.2, 0) is 13.0 Å². The Morgan fingerprint density at radius 3 is 2.33 bits per heavy atom. The van der Waals surface area contributed by atoms with E-state index in [-0.39, 0.29) is 0 Å². The van der Waals surface area contributed by atoms with Crippen molar-refractivity contribution < 1.29 is 0 Å². The van der Waals surface area contributed by atoms with E-state index in [0.717, 1.165) is 74.1 Å². The largest absolute Gasteiger partial charge is 0.297 e. The third kappa shape index (κ3) is 4.37. The molecule has 2 aliphatic rings. The fraction of sp³-hybridized carbons (Fsp3) is 0.320. The van der Waals surface area contributed by atoms with Crippen LogP contribution < -0.4 is 0 Å². The molecule has 154 valence electrons. The van der Waals surface area contributed by atoms with Gasteiger partial charge in [-0.3, -0.25) is 14.8 Å². The molecule has 0 atom stereocenters. The number of hydrogen-bond acceptors (Lipinski definition) is 4. The third-order valence-corrected chi connectivity index (χ3v) is 7.45. The summed E-state index contributed by atoms with van der Waals surface area (Å²) in [5.41, 5.74) is 6.09. The lowest BCUT2D eigenvalue weighted by molar-refractivity contribution is 0.134. The highest BCUT2D eigenvalue weighted by Crippen LogP contribution is 2.35. The third-order valence-electron chi connectivity index (χ3n) is 6.09. The van der Waals surface area contributed by atoms with Crippen LogP contribution in [0.2, 0.25) is 0 Å². The Morgan fingerprint density at radius 1 is 0.833 bits per heavy atom. The van der Waals surface area contributed by atoms with Crippen LogP contribution in [0, 0.1) is 0 Å². The molecular formula is C25H26ClN3S. The van der Waals surface area contributed by atoms with Crippen LogP contribution >= 0.6 is 22.9 Å². The van der Waals surface area contributed by atoms with Crippen LogP contribution in [-0.4, -0.2) is 47.5 Å². The second-order valence-corrected chi connectivity index (χ2v) is 9.45. The number of piperazine rings is 1. The number of pyridine rings is 1. The Bertz CT molecular complexity index is 1020. The van der Waals surface area contributed by atoms with Crippen LogP contribution in [0.3, 0.4) is 0 Å². The predicted octanol–water partition coefficient (Wildman–Crippen LogP) is 5.52. The molecule has 1 saturated heterocycles. The Kier molecular flexibility index (Phi) is 6.00. The summed E-state index contributed by atoms with van der Waals surface area (Å²) >= 11 is 8.58. The lowest BCUT2D eigenvalue weighted by Gasteiger charge is -2.36. The molecule has 5 rings (SSSR count). The fourth-order valence-electron chi connectivity index (χ4n) is 4.39. The Morgan fingerprint density at radius 2 is 1.60 bits per heavy atom. The molecule has 3 heterocycles. The lowest BCUT2D eigenvalue weighted by atomic mass is 9.95. The number of aromatic nitrogens is 1. The van der Waals surface area contributed by atoms with Gasteiger partial charge in [0.25, 0.3) is 0 Å². The number of rotatable bonds is 5. The Labute approximate surface area is 187 Å². The van der Waals surface area contributed by atoms with Gasteiger partial charge in [0, 0.05) is 44.8 Å². The van der Waals surface area contributed by atoms with Gasteiger partial charge < -0.3 is 0 Å². The van der Waals surface area contributed by atoms with E-state index in [0.29, 0.717) is 0 Å². The van der Waals surface area contributed by atoms with Crippen molar-refractivity contribution >= 4 is 28.0 Å². The average molecular weight is 436 g/mol. The molecule has 1 fully saturated rings. The van der Waals surface area contributed by atoms with Gasteiger partial charge in [-0.15, -0.1) is 11.3 Å². The van der Waals surface area contributed by atoms with E-state index in [1.54, 1.807) is 11.3 Å². The summed E-state index contributed by atoms with van der Waals surface area (Å²) in [5, 5.41) is 3.02. The fourth-order valence-corrected chi connectivity index (χ4v) is 5.41. The molecule has 3 nitrogen and oxygen atoms in total. The maximum absolute atomic E-state index is 6.85. The van der Waals surface area contributed by atoms with Gasteiger partial charge in [0.2, 0.25) is 0 Å². The van der Waals surface area contributed by atoms with Crippen molar-refractivity contribution in [1.82, 2.24) is 14.8 Å². The van der Waals surface area contributed by atoms with Crippen molar-refractivity contribution in [1.29, 1.82) is 0 Å². The van der Waals surface area contributed by atoms with Crippen LogP contribution in [0.25, 0.3) is 15.6 Å². The van der Waals surface area contributed by atoms with Gasteiger partial charge >= 0.3 is 0 Å². The summed E-state index contributed by atoms with van der Waals surface area (Å²) in [6, 6.07) is 19.2. The Balaban J connectivity index is 1.22. The van der Waals surface area contributed by atoms with Crippen LogP contribution in [0.1, 0.15) is 23.2 Å². The van der Waals surface area contributed by atoms with E-state index in [2.05, 4.69) is 69.8 Å². The molecule has 0 bridgehead atoms. The van der Waals surface area contributed by atoms with Crippen molar-refractivity contribution in [3.63, 3.8) is 0 Å². The lowest BCUT2D eigenvalue weighted by Crippen LogP contribution is -2.46. The first-order valence-electron chi connectivity index (χ1n) is 10.7. The number of aryl methyl sites for hydroxylation is 1. The highest BCUT2D eigenvalue weighted by molar-refractivity contribution is 7.13. The molecular weight excluding hydrogens is 410 g/mol. The van der Waals surface area contributed by atoms with E-state index in [9.17, 15) is 0 Å². The zero-order valence-electron chi connectivity index (χ0n) is 17.1. The van der Waals surface area contributed by atoms with Crippen molar-refractivity contribution in [2.45, 2.75) is 19.4 Å². The van der Waals surface area contributed by atoms with E-state index in [4.69, 9.17) is 16.6 Å². The summed E-state index contributed by atoms with van der Waals surface area (Å²) < 4.78 is 0. The van der Waals surface area contributed by atoms with E-state index < -0.39 is 0 Å². The molecule has 0 spiro atoms. The van der Waals surface area contributed by atoms with E-state index >= 15 is 0 Å². The van der Waals surface area contributed by atoms with Crippen molar-refractivity contribution in [2.75, 3.05) is 32.7 Å². The van der Waals surface area contributed by atoms with Gasteiger partial charge in [-0.05, 0) is 47.6 Å². The van der Waals surface area contributed by atoms with Crippen molar-refractivity contribution in [3.05, 3.63) is 82.4 Å². The normalized spacial score (nSPS) is 17.9. The predicted molar refractivity (Wildman–Crippen MR) is 127 cm³/mol. The maximum atomic E-state index is 6.85. The molecule has 0 amide bonds. The molecule has 3 aromatic rings. The second-order valence-electron chi connectivity index (χ2n) is 8.12. The first-order chi connectivity index (χ1) is 14.8. The number of hydrogen-bond donors (Lipinski definition) is 0. The smallest absolute Gasteiger partial charge is 0.0805 e. The molecule has 2 aromatic heterocycles. The quantitative estimate of drug-likeness (QED) is 0.525. The molecule has 5 heteroatoms. The molecule has 0 unspecified atom stereocenters. The average Bonchev–Trinajstić information content (AvgIpc) is 3.33. The van der Waals surface area contributed by atoms with Crippen LogP contribution in [0.4, 0.5) is 0 Å². The van der Waals surface area contributed by atoms with Gasteiger partial charge in [-0.1, -0.05) is 48.0 Å². The number of nitrogens with zero attached hydrogens (tertiary/aromatic N) is 3. The molecule has 0 saturated carbocycles. The number of fused-ring (bicyclic) bond motifs is 1. The van der Waals surface area contributed by atoms with E-state index in [1.165, 1.54) is 16.0 Å². The molecule has 1 aliphatic carbocycles. The standard InChI is InChI=1S/C25H26ClN3S/c26-25-20(8-10-22-21(25)9-11-23(27-22)24-7-4-16-30-24)18-29-14-12-28(13-15-29)17-19-5-2-1-3-6-19/h1-7,9,11,16H,8,10,12-15,17-18H2. The number of halogens is 1. The molecule has 30 heavy (non-hydrogen) atoms. The number of benzene rings is 1. The highest BCUT2D eigenvalue weighted by Gasteiger charge is 2.23. The second kappa shape index (κ2) is 9.03. The van der Waals surface area contributed by atoms with Gasteiger partial charge in [0.05, 0.1) is 21.3 Å². The molecule has 1 aliphatic heterocycles. The van der Waals surface area contributed by atoms with Gasteiger partial charge in [0.15, 0.2) is 0 Å². The molecule has 0 radical (unpaired) electrons. The zero-order valence-corrected chi connectivity index (χ0v) is 18.6. The topological polar surface area (TPSA) is 19.4 Å². The summed E-state index contributed by atoms with van der Waals surface area (Å²) in [5.74, 6) is 0. The van der Waals surface area contributed by atoms with Crippen LogP contribution in [0.15, 0.2) is 65.6 Å². The summed E-state index contributed by atoms with van der Waals surface area (Å²) in [6.45, 7) is 6.45. The summed E-state index contributed by atoms with van der Waals surface area (Å²) in [4.78, 5) is 11.2. The number of thiophene rings is 1. The summed E-state index contributed by atoms with van der Waals surface area (Å²) in [6.07, 6.45) is 1.99. The summed E-state index contributed by atoms with van der Waals surface area (Å²) in [7, 11) is 0. The minimum atomic E-state index is 0.924. The first kappa shape index (κ1) is 20.0. The van der Waals surface area contributed by atoms with Crippen LogP contribution in [0.5, 0.6) is 0 Å². The minimum absolute atomic E-state index is 0.924. The van der Waals surface area contributed by atoms with Gasteiger partial charge in [-0.25, -0.2) is 0 Å². The molecule has 1 aromatic carbocycles. The minimum Gasteiger partial charge on any atom is -0.297 e. The zero-order chi connectivity index (χ0) is 20.3. The van der Waals surface area contributed by atoms with Crippen molar-refractivity contribution in [2.24, 2.45) is 0 Å². The first-order valence-corrected chi connectivity index (χ1v) is 11.9. The Hall–Kier alpha value is -1.98. The van der Waals surface area contributed by atoms with Gasteiger partial charge in [-0.2, -0.15) is 0 Å². The van der Waals surface area contributed by atoms with Crippen molar-refractivity contribution in [3.8, 4) is 10.6 Å². The highest BCUT2D eigenvalue weighted by atomic mass is 35.5.